The van der Waals surface area contributed by atoms with Gasteiger partial charge < -0.3 is 10.4 Å². The molecule has 1 heterocycles. The van der Waals surface area contributed by atoms with Crippen LogP contribution in [0.15, 0.2) is 24.4 Å². The quantitative estimate of drug-likeness (QED) is 0.840. The van der Waals surface area contributed by atoms with Crippen molar-refractivity contribution in [2.24, 2.45) is 0 Å². The highest BCUT2D eigenvalue weighted by atomic mass is 32.1. The molecule has 0 bridgehead atoms. The zero-order chi connectivity index (χ0) is 16.4. The number of benzene rings is 1. The first-order chi connectivity index (χ1) is 11.1. The van der Waals surface area contributed by atoms with Crippen LogP contribution in [0.2, 0.25) is 0 Å². The maximum Gasteiger partial charge on any atom is 0.132 e. The number of hydrogen-bond donors (Lipinski definition) is 2. The Morgan fingerprint density at radius 2 is 2.04 bits per heavy atom. The van der Waals surface area contributed by atoms with Crippen molar-refractivity contribution in [1.29, 1.82) is 0 Å². The zero-order valence-corrected chi connectivity index (χ0v) is 13.7. The van der Waals surface area contributed by atoms with Gasteiger partial charge in [0.2, 0.25) is 0 Å². The van der Waals surface area contributed by atoms with Gasteiger partial charge in [0.25, 0.3) is 0 Å². The summed E-state index contributed by atoms with van der Waals surface area (Å²) in [4.78, 5) is 5.51. The number of aromatic nitrogens is 1. The molecule has 23 heavy (non-hydrogen) atoms. The largest absolute Gasteiger partial charge is 0.387 e. The van der Waals surface area contributed by atoms with E-state index in [9.17, 15) is 13.9 Å². The Morgan fingerprint density at radius 1 is 1.35 bits per heavy atom. The van der Waals surface area contributed by atoms with E-state index in [0.717, 1.165) is 17.0 Å². The average Bonchev–Trinajstić information content (AvgIpc) is 2.91. The van der Waals surface area contributed by atoms with E-state index in [-0.39, 0.29) is 5.56 Å². The summed E-state index contributed by atoms with van der Waals surface area (Å²) in [5.41, 5.74) is -0.285. The Bertz CT molecular complexity index is 652. The maximum absolute atomic E-state index is 13.7. The van der Waals surface area contributed by atoms with Crippen molar-refractivity contribution < 1.29 is 13.9 Å². The predicted octanol–water partition coefficient (Wildman–Crippen LogP) is 3.90. The van der Waals surface area contributed by atoms with E-state index in [1.54, 1.807) is 18.3 Å². The van der Waals surface area contributed by atoms with Gasteiger partial charge in [0.15, 0.2) is 0 Å². The second-order valence-electron chi connectivity index (χ2n) is 6.04. The molecule has 1 fully saturated rings. The zero-order valence-electron chi connectivity index (χ0n) is 12.9. The number of aliphatic hydroxyl groups excluding tert-OH is 1. The van der Waals surface area contributed by atoms with Gasteiger partial charge in [-0.2, -0.15) is 0 Å². The monoisotopic (exact) mass is 338 g/mol. The van der Waals surface area contributed by atoms with E-state index < -0.39 is 23.8 Å². The molecule has 2 aromatic rings. The fourth-order valence-electron chi connectivity index (χ4n) is 2.66. The van der Waals surface area contributed by atoms with Crippen molar-refractivity contribution >= 4 is 11.3 Å². The first-order valence-corrected chi connectivity index (χ1v) is 8.68. The molecule has 1 saturated carbocycles. The Labute approximate surface area is 138 Å². The van der Waals surface area contributed by atoms with Crippen LogP contribution in [0.4, 0.5) is 8.78 Å². The Kier molecular flexibility index (Phi) is 5.04. The van der Waals surface area contributed by atoms with Crippen molar-refractivity contribution in [1.82, 2.24) is 10.3 Å². The highest BCUT2D eigenvalue weighted by Gasteiger charge is 2.24. The van der Waals surface area contributed by atoms with Crippen LogP contribution in [0.5, 0.6) is 0 Å². The Morgan fingerprint density at radius 3 is 2.65 bits per heavy atom. The molecule has 124 valence electrons. The lowest BCUT2D eigenvalue weighted by Gasteiger charge is -2.22. The van der Waals surface area contributed by atoms with Crippen LogP contribution in [0.3, 0.4) is 0 Å². The van der Waals surface area contributed by atoms with Gasteiger partial charge in [-0.3, -0.25) is 0 Å². The van der Waals surface area contributed by atoms with Crippen molar-refractivity contribution in [2.45, 2.75) is 50.8 Å². The maximum atomic E-state index is 13.7. The fraction of sp³-hybridized carbons (Fsp3) is 0.471. The minimum atomic E-state index is -1.24. The fourth-order valence-corrected chi connectivity index (χ4v) is 3.70. The van der Waals surface area contributed by atoms with Crippen molar-refractivity contribution in [3.05, 3.63) is 51.5 Å². The number of thiazole rings is 1. The molecule has 0 aliphatic heterocycles. The summed E-state index contributed by atoms with van der Waals surface area (Å²) < 4.78 is 27.5. The molecule has 2 atom stereocenters. The molecule has 1 aliphatic rings. The van der Waals surface area contributed by atoms with Gasteiger partial charge in [-0.05, 0) is 31.9 Å². The summed E-state index contributed by atoms with van der Waals surface area (Å²) in [7, 11) is 0. The Hall–Kier alpha value is -1.37. The number of hydrogen-bond acceptors (Lipinski definition) is 4. The van der Waals surface area contributed by atoms with Gasteiger partial charge in [-0.1, -0.05) is 12.5 Å². The normalized spacial score (nSPS) is 17.7. The number of nitrogens with one attached hydrogen (secondary N) is 1. The summed E-state index contributed by atoms with van der Waals surface area (Å²) in [6, 6.07) is 3.12. The van der Waals surface area contributed by atoms with Crippen LogP contribution in [0.1, 0.15) is 53.7 Å². The van der Waals surface area contributed by atoms with Crippen molar-refractivity contribution in [2.75, 3.05) is 0 Å². The third-order valence-corrected chi connectivity index (χ3v) is 5.55. The van der Waals surface area contributed by atoms with Gasteiger partial charge in [0, 0.05) is 29.6 Å². The highest BCUT2D eigenvalue weighted by molar-refractivity contribution is 7.11. The van der Waals surface area contributed by atoms with E-state index in [1.165, 1.54) is 30.3 Å². The van der Waals surface area contributed by atoms with Gasteiger partial charge in [0.05, 0.1) is 16.7 Å². The molecule has 0 spiro atoms. The van der Waals surface area contributed by atoms with Crippen LogP contribution in [-0.4, -0.2) is 16.1 Å². The molecule has 1 aliphatic carbocycles. The highest BCUT2D eigenvalue weighted by Crippen LogP contribution is 2.38. The Balaban J connectivity index is 1.60. The topological polar surface area (TPSA) is 45.2 Å². The molecule has 1 aromatic heterocycles. The lowest BCUT2D eigenvalue weighted by atomic mass is 9.86. The standard InChI is InChI=1S/C17H20F2N2OS/c1-10(16(22)15-13(18)6-3-7-14(15)19)20-8-12-9-21-17(23-12)11-4-2-5-11/h3,6-7,9-11,16,20,22H,2,4-5,8H2,1H3/t10-,16+/m1/s1. The molecule has 0 radical (unpaired) electrons. The average molecular weight is 338 g/mol. The second-order valence-corrected chi connectivity index (χ2v) is 7.19. The molecule has 3 nitrogen and oxygen atoms in total. The van der Waals surface area contributed by atoms with Crippen LogP contribution < -0.4 is 5.32 Å². The molecule has 0 unspecified atom stereocenters. The first-order valence-electron chi connectivity index (χ1n) is 7.86. The smallest absolute Gasteiger partial charge is 0.132 e. The lowest BCUT2D eigenvalue weighted by molar-refractivity contribution is 0.127. The van der Waals surface area contributed by atoms with Crippen LogP contribution in [0, 0.1) is 11.6 Å². The minimum Gasteiger partial charge on any atom is -0.387 e. The van der Waals surface area contributed by atoms with Gasteiger partial charge in [-0.25, -0.2) is 13.8 Å². The van der Waals surface area contributed by atoms with Crippen molar-refractivity contribution in [3.8, 4) is 0 Å². The van der Waals surface area contributed by atoms with E-state index in [1.807, 2.05) is 6.20 Å². The predicted molar refractivity (Wildman–Crippen MR) is 86.3 cm³/mol. The number of rotatable bonds is 6. The molecule has 0 amide bonds. The third-order valence-electron chi connectivity index (χ3n) is 4.39. The SMILES string of the molecule is C[C@@H](NCc1cnc(C2CCC2)s1)[C@H](O)c1c(F)cccc1F. The summed E-state index contributed by atoms with van der Waals surface area (Å²) in [6.45, 7) is 2.24. The lowest BCUT2D eigenvalue weighted by Crippen LogP contribution is -2.32. The molecule has 6 heteroatoms. The van der Waals surface area contributed by atoms with Crippen LogP contribution in [0.25, 0.3) is 0 Å². The van der Waals surface area contributed by atoms with Gasteiger partial charge in [-0.15, -0.1) is 11.3 Å². The first kappa shape index (κ1) is 16.5. The molecule has 0 saturated heterocycles. The molecular weight excluding hydrogens is 318 g/mol. The molecule has 3 rings (SSSR count). The van der Waals surface area contributed by atoms with E-state index in [2.05, 4.69) is 10.3 Å². The third kappa shape index (κ3) is 3.59. The van der Waals surface area contributed by atoms with Crippen molar-refractivity contribution in [3.63, 3.8) is 0 Å². The number of nitrogens with zero attached hydrogens (tertiary/aromatic N) is 1. The van der Waals surface area contributed by atoms with E-state index >= 15 is 0 Å². The molecular formula is C17H20F2N2OS. The second kappa shape index (κ2) is 7.03. The number of aliphatic hydroxyl groups is 1. The molecule has 1 aromatic carbocycles. The van der Waals surface area contributed by atoms with Crippen LogP contribution >= 0.6 is 11.3 Å². The van der Waals surface area contributed by atoms with E-state index in [0.29, 0.717) is 12.5 Å². The molecule has 2 N–H and O–H groups in total. The summed E-state index contributed by atoms with van der Waals surface area (Å²) in [6.07, 6.45) is 4.29. The summed E-state index contributed by atoms with van der Waals surface area (Å²) >= 11 is 1.67. The number of halogens is 2. The van der Waals surface area contributed by atoms with Gasteiger partial charge >= 0.3 is 0 Å². The summed E-state index contributed by atoms with van der Waals surface area (Å²) in [5, 5.41) is 14.5. The minimum absolute atomic E-state index is 0.285. The van der Waals surface area contributed by atoms with Crippen LogP contribution in [-0.2, 0) is 6.54 Å². The van der Waals surface area contributed by atoms with E-state index in [4.69, 9.17) is 0 Å². The summed E-state index contributed by atoms with van der Waals surface area (Å²) in [5.74, 6) is -0.850. The van der Waals surface area contributed by atoms with Gasteiger partial charge in [0.1, 0.15) is 11.6 Å².